The van der Waals surface area contributed by atoms with E-state index in [1.807, 2.05) is 174 Å². The van der Waals surface area contributed by atoms with Gasteiger partial charge in [-0.25, -0.2) is 14.8 Å². The highest BCUT2D eigenvalue weighted by Gasteiger charge is 2.24. The second kappa shape index (κ2) is 35.9. The Hall–Kier alpha value is -10.9. The molecule has 25 heteroatoms. The number of nitrogens with one attached hydrogen (secondary N) is 2. The Morgan fingerprint density at radius 3 is 1.26 bits per heavy atom. The molecule has 0 atom stereocenters. The van der Waals surface area contributed by atoms with Gasteiger partial charge in [-0.05, 0) is 175 Å². The van der Waals surface area contributed by atoms with Crippen LogP contribution in [0.4, 0.5) is 0 Å². The van der Waals surface area contributed by atoms with Gasteiger partial charge in [0.1, 0.15) is 46.5 Å². The van der Waals surface area contributed by atoms with E-state index in [0.29, 0.717) is 98.7 Å². The van der Waals surface area contributed by atoms with Crippen LogP contribution in [0, 0.1) is 61.7 Å². The zero-order valence-electron chi connectivity index (χ0n) is 56.2. The molecule has 3 N–H and O–H groups in total. The van der Waals surface area contributed by atoms with Crippen molar-refractivity contribution in [3.8, 4) is 76.6 Å². The molecule has 0 aliphatic heterocycles. The molecule has 4 heterocycles. The number of hydrogen-bond donors (Lipinski definition) is 3. The van der Waals surface area contributed by atoms with Crippen LogP contribution >= 0.6 is 46.4 Å². The van der Waals surface area contributed by atoms with Crippen molar-refractivity contribution in [2.24, 2.45) is 5.16 Å². The van der Waals surface area contributed by atoms with Crippen molar-refractivity contribution in [3.63, 3.8) is 0 Å². The van der Waals surface area contributed by atoms with Crippen LogP contribution in [-0.4, -0.2) is 51.3 Å². The third kappa shape index (κ3) is 22.3. The molecule has 4 aromatic heterocycles. The Bertz CT molecular complexity index is 4760. The van der Waals surface area contributed by atoms with E-state index < -0.39 is 11.2 Å². The minimum absolute atomic E-state index is 0.0131. The van der Waals surface area contributed by atoms with Gasteiger partial charge in [-0.3, -0.25) is 14.8 Å². The van der Waals surface area contributed by atoms with Crippen LogP contribution in [-0.2, 0) is 13.2 Å². The number of aromatic nitrogens is 8. The molecule has 0 fully saturated rings. The maximum atomic E-state index is 11.9. The normalized spacial score (nSPS) is 10.7. The first kappa shape index (κ1) is 75.5. The fourth-order valence-corrected chi connectivity index (χ4v) is 10.8. The lowest BCUT2D eigenvalue weighted by molar-refractivity contribution is 0.249. The number of aromatic amines is 2. The summed E-state index contributed by atoms with van der Waals surface area (Å²) in [6, 6.07) is 47.2. The van der Waals surface area contributed by atoms with Crippen molar-refractivity contribution in [2.75, 3.05) is 0 Å². The van der Waals surface area contributed by atoms with Gasteiger partial charge < -0.3 is 33.6 Å². The number of halogens is 4. The van der Waals surface area contributed by atoms with E-state index in [2.05, 4.69) is 57.2 Å². The van der Waals surface area contributed by atoms with Gasteiger partial charge in [0.2, 0.25) is 40.0 Å². The van der Waals surface area contributed by atoms with Gasteiger partial charge in [0.25, 0.3) is 5.56 Å². The number of nitriles is 3. The Balaban J connectivity index is 0.000000191. The molecule has 508 valence electrons. The average molecular weight is 1410 g/mol. The molecule has 0 bridgehead atoms. The number of aryl methyl sites for hydroxylation is 4. The largest absolute Gasteiger partial charge is 0.472 e. The third-order valence-corrected chi connectivity index (χ3v) is 14.8. The molecule has 0 aliphatic rings. The molecular weight excluding hydrogens is 1340 g/mol. The SMILES string of the molecule is Cc1cc(/C=N/O)cc(Oc2nc(Cl)nc(Cl)c2C(C)C)c1.Cc1cc(C#N)cc(Oc2[nH]c(=O)[nH]c(=O)c2C(C)C)c1.Cc1cc(C#N)cc(Oc2nc(Cl)nc(Cl)c2C(C)C)c1.Cc1cc(C#N)cc(Oc2nc(OCc3ccccc3)nc(OCc3ccccc3)c2C(C)C)c1. The van der Waals surface area contributed by atoms with Crippen LogP contribution in [0.2, 0.25) is 20.9 Å². The molecule has 0 saturated heterocycles. The zero-order chi connectivity index (χ0) is 72.0. The Morgan fingerprint density at radius 2 is 0.848 bits per heavy atom. The fraction of sp³-hybridized carbons (Fsp3) is 0.243. The van der Waals surface area contributed by atoms with Gasteiger partial charge in [0.15, 0.2) is 0 Å². The highest BCUT2D eigenvalue weighted by Crippen LogP contribution is 2.40. The molecule has 0 radical (unpaired) electrons. The van der Waals surface area contributed by atoms with Gasteiger partial charge in [-0.1, -0.05) is 150 Å². The molecule has 10 aromatic rings. The second-order valence-electron chi connectivity index (χ2n) is 23.5. The zero-order valence-corrected chi connectivity index (χ0v) is 59.2. The average Bonchev–Trinajstić information content (AvgIpc) is 0.829. The predicted octanol–water partition coefficient (Wildman–Crippen LogP) is 18.6. The van der Waals surface area contributed by atoms with Gasteiger partial charge in [0.05, 0.1) is 63.4 Å². The van der Waals surface area contributed by atoms with Gasteiger partial charge >= 0.3 is 11.7 Å². The molecule has 99 heavy (non-hydrogen) atoms. The number of H-pyrrole nitrogens is 2. The maximum absolute atomic E-state index is 11.9. The predicted molar refractivity (Wildman–Crippen MR) is 380 cm³/mol. The Morgan fingerprint density at radius 1 is 0.465 bits per heavy atom. The van der Waals surface area contributed by atoms with E-state index >= 15 is 0 Å². The standard InChI is InChI=1S/C29H27N3O3.C15H15Cl2N3O2.C15H13Cl2N3O.C15H15N3O3/c1-20(2)26-27(33-18-22-10-6-4-7-11-22)31-29(34-19-23-12-8-5-9-13-23)32-28(26)35-25-15-21(3)14-24(16-25)17-30;1-8(2)12-13(16)19-15(17)20-14(12)22-11-5-9(3)4-10(6-11)7-18-21;1-8(2)12-13(16)19-15(17)20-14(12)21-11-5-9(3)4-10(6-11)7-18;1-8(2)12-13(19)17-15(20)18-14(12)21-11-5-9(3)4-10(6-11)7-16/h4-16,20H,18-19H2,1-3H3;4-8,21H,1-3H3;4-6,8H,1-3H3;4-6,8H,1-3H3,(H2,17,18,19,20)/b;18-7+;;. The fourth-order valence-electron chi connectivity index (χ4n) is 9.65. The molecule has 0 aliphatic carbocycles. The van der Waals surface area contributed by atoms with E-state index in [-0.39, 0.29) is 56.4 Å². The van der Waals surface area contributed by atoms with Crippen LogP contribution in [0.25, 0.3) is 0 Å². The summed E-state index contributed by atoms with van der Waals surface area (Å²) in [6.07, 6.45) is 1.32. The molecule has 10 rings (SSSR count). The molecule has 0 saturated carbocycles. The summed E-state index contributed by atoms with van der Waals surface area (Å²) in [4.78, 5) is 53.2. The summed E-state index contributed by atoms with van der Waals surface area (Å²) < 4.78 is 35.6. The molecule has 0 amide bonds. The monoisotopic (exact) mass is 1410 g/mol. The molecular formula is C74H70Cl4N12O9. The number of nitrogens with zero attached hydrogens (tertiary/aromatic N) is 10. The van der Waals surface area contributed by atoms with Crippen LogP contribution < -0.4 is 39.7 Å². The van der Waals surface area contributed by atoms with Gasteiger partial charge in [-0.15, -0.1) is 0 Å². The first-order valence-corrected chi connectivity index (χ1v) is 32.4. The maximum Gasteiger partial charge on any atom is 0.328 e. The van der Waals surface area contributed by atoms with E-state index in [1.54, 1.807) is 48.5 Å². The first-order chi connectivity index (χ1) is 47.2. The number of ether oxygens (including phenoxy) is 6. The molecule has 21 nitrogen and oxygen atoms in total. The number of rotatable bonds is 19. The van der Waals surface area contributed by atoms with Crippen molar-refractivity contribution in [1.82, 2.24) is 39.9 Å². The summed E-state index contributed by atoms with van der Waals surface area (Å²) in [7, 11) is 0. The van der Waals surface area contributed by atoms with E-state index in [0.717, 1.165) is 38.9 Å². The number of oxime groups is 1. The van der Waals surface area contributed by atoms with Crippen LogP contribution in [0.15, 0.2) is 148 Å². The Labute approximate surface area is 593 Å². The van der Waals surface area contributed by atoms with Gasteiger partial charge in [0, 0.05) is 5.56 Å². The van der Waals surface area contributed by atoms with E-state index in [1.165, 1.54) is 6.21 Å². The van der Waals surface area contributed by atoms with Crippen molar-refractivity contribution >= 4 is 52.6 Å². The Kier molecular flexibility index (Phi) is 27.4. The summed E-state index contributed by atoms with van der Waals surface area (Å²) in [5.74, 6) is 3.49. The number of hydrogen-bond acceptors (Lipinski definition) is 19. The van der Waals surface area contributed by atoms with Crippen LogP contribution in [0.3, 0.4) is 0 Å². The summed E-state index contributed by atoms with van der Waals surface area (Å²) in [5, 5.41) is 39.6. The van der Waals surface area contributed by atoms with Crippen molar-refractivity contribution in [2.45, 2.75) is 120 Å². The topological polar surface area (TPSA) is 302 Å². The number of benzene rings is 6. The summed E-state index contributed by atoms with van der Waals surface area (Å²) >= 11 is 24.0. The lowest BCUT2D eigenvalue weighted by atomic mass is 10.1. The van der Waals surface area contributed by atoms with E-state index in [4.69, 9.17) is 90.6 Å². The lowest BCUT2D eigenvalue weighted by Gasteiger charge is -2.18. The third-order valence-electron chi connectivity index (χ3n) is 13.9. The minimum atomic E-state index is -0.632. The van der Waals surface area contributed by atoms with E-state index in [9.17, 15) is 14.9 Å². The highest BCUT2D eigenvalue weighted by molar-refractivity contribution is 6.33. The molecule has 0 unspecified atom stereocenters. The first-order valence-electron chi connectivity index (χ1n) is 30.9. The highest BCUT2D eigenvalue weighted by atomic mass is 35.5. The van der Waals surface area contributed by atoms with Crippen molar-refractivity contribution in [3.05, 3.63) is 253 Å². The minimum Gasteiger partial charge on any atom is -0.472 e. The van der Waals surface area contributed by atoms with Crippen molar-refractivity contribution in [1.29, 1.82) is 15.8 Å². The molecule has 0 spiro atoms. The van der Waals surface area contributed by atoms with Crippen LogP contribution in [0.1, 0.15) is 157 Å². The lowest BCUT2D eigenvalue weighted by Crippen LogP contribution is -2.26. The summed E-state index contributed by atoms with van der Waals surface area (Å²) in [5.41, 5.74) is 9.18. The molecule has 6 aromatic carbocycles. The quantitative estimate of drug-likeness (QED) is 0.0223. The smallest absolute Gasteiger partial charge is 0.328 e. The van der Waals surface area contributed by atoms with Crippen molar-refractivity contribution < 1.29 is 33.6 Å². The van der Waals surface area contributed by atoms with Crippen LogP contribution in [0.5, 0.6) is 58.4 Å². The summed E-state index contributed by atoms with van der Waals surface area (Å²) in [6.45, 7) is 23.8. The van der Waals surface area contributed by atoms with Gasteiger partial charge in [-0.2, -0.15) is 35.7 Å². The second-order valence-corrected chi connectivity index (χ2v) is 24.9.